The van der Waals surface area contributed by atoms with Crippen molar-refractivity contribution in [1.82, 2.24) is 0 Å². The molecule has 10 heavy (non-hydrogen) atoms. The van der Waals surface area contributed by atoms with Gasteiger partial charge in [-0.05, 0) is 31.6 Å². The Balaban J connectivity index is 2.55. The van der Waals surface area contributed by atoms with Crippen molar-refractivity contribution in [2.24, 2.45) is 17.6 Å². The van der Waals surface area contributed by atoms with E-state index in [0.717, 1.165) is 5.92 Å². The predicted molar refractivity (Wildman–Crippen MR) is 44.8 cm³/mol. The summed E-state index contributed by atoms with van der Waals surface area (Å²) in [5.74, 6) is 1.55. The van der Waals surface area contributed by atoms with Crippen LogP contribution in [0.3, 0.4) is 0 Å². The summed E-state index contributed by atoms with van der Waals surface area (Å²) in [5, 5.41) is 0. The summed E-state index contributed by atoms with van der Waals surface area (Å²) in [5.41, 5.74) is 6.22. The molecule has 1 nitrogen and oxygen atoms in total. The van der Waals surface area contributed by atoms with Crippen LogP contribution in [0.2, 0.25) is 0 Å². The second-order valence-electron chi connectivity index (χ2n) is 4.29. The van der Waals surface area contributed by atoms with Gasteiger partial charge < -0.3 is 5.73 Å². The van der Waals surface area contributed by atoms with Gasteiger partial charge in [0.05, 0.1) is 0 Å². The second-order valence-corrected chi connectivity index (χ2v) is 4.29. The summed E-state index contributed by atoms with van der Waals surface area (Å²) in [7, 11) is 0. The van der Waals surface area contributed by atoms with E-state index in [9.17, 15) is 0 Å². The molecular formula is C9H19N. The Morgan fingerprint density at radius 1 is 1.30 bits per heavy atom. The molecule has 3 atom stereocenters. The highest BCUT2D eigenvalue weighted by atomic mass is 14.7. The van der Waals surface area contributed by atoms with Crippen LogP contribution < -0.4 is 5.73 Å². The van der Waals surface area contributed by atoms with Gasteiger partial charge in [0, 0.05) is 5.54 Å². The lowest BCUT2D eigenvalue weighted by molar-refractivity contribution is 0.179. The van der Waals surface area contributed by atoms with Crippen LogP contribution in [0.25, 0.3) is 0 Å². The van der Waals surface area contributed by atoms with Gasteiger partial charge in [-0.2, -0.15) is 0 Å². The van der Waals surface area contributed by atoms with Crippen LogP contribution in [-0.2, 0) is 0 Å². The maximum atomic E-state index is 6.11. The average Bonchev–Trinajstić information content (AvgIpc) is 1.78. The molecule has 1 fully saturated rings. The van der Waals surface area contributed by atoms with Gasteiger partial charge in [0.1, 0.15) is 0 Å². The van der Waals surface area contributed by atoms with E-state index in [4.69, 9.17) is 5.73 Å². The topological polar surface area (TPSA) is 26.0 Å². The van der Waals surface area contributed by atoms with Crippen LogP contribution in [0.15, 0.2) is 0 Å². The van der Waals surface area contributed by atoms with Gasteiger partial charge in [-0.25, -0.2) is 0 Å². The lowest BCUT2D eigenvalue weighted by atomic mass is 9.71. The first-order valence-electron chi connectivity index (χ1n) is 4.31. The van der Waals surface area contributed by atoms with Gasteiger partial charge >= 0.3 is 0 Å². The van der Waals surface area contributed by atoms with Crippen molar-refractivity contribution in [3.63, 3.8) is 0 Å². The molecule has 0 aliphatic heterocycles. The molecule has 1 rings (SSSR count). The molecule has 1 aliphatic carbocycles. The highest BCUT2D eigenvalue weighted by Crippen LogP contribution is 2.34. The number of hydrogen-bond donors (Lipinski definition) is 1. The standard InChI is InChI=1S/C9H19N/c1-7-4-5-8(2)9(3,10)6-7/h7-8H,4-6,10H2,1-3H3. The highest BCUT2D eigenvalue weighted by molar-refractivity contribution is 4.90. The van der Waals surface area contributed by atoms with E-state index in [0.29, 0.717) is 5.92 Å². The summed E-state index contributed by atoms with van der Waals surface area (Å²) in [6.45, 7) is 6.76. The van der Waals surface area contributed by atoms with Gasteiger partial charge in [-0.3, -0.25) is 0 Å². The van der Waals surface area contributed by atoms with E-state index < -0.39 is 0 Å². The molecule has 0 spiro atoms. The van der Waals surface area contributed by atoms with Gasteiger partial charge in [0.15, 0.2) is 0 Å². The summed E-state index contributed by atoms with van der Waals surface area (Å²) >= 11 is 0. The SMILES string of the molecule is CC1CCC(C)C(C)(N)C1. The first kappa shape index (κ1) is 8.06. The minimum atomic E-state index is 0.109. The molecule has 0 aromatic carbocycles. The van der Waals surface area contributed by atoms with Crippen molar-refractivity contribution in [3.8, 4) is 0 Å². The largest absolute Gasteiger partial charge is 0.325 e. The zero-order valence-electron chi connectivity index (χ0n) is 7.35. The van der Waals surface area contributed by atoms with E-state index in [1.807, 2.05) is 0 Å². The Labute approximate surface area is 64.0 Å². The monoisotopic (exact) mass is 141 g/mol. The molecule has 1 aliphatic rings. The fraction of sp³-hybridized carbons (Fsp3) is 1.00. The van der Waals surface area contributed by atoms with Crippen LogP contribution in [-0.4, -0.2) is 5.54 Å². The molecule has 0 heterocycles. The third-order valence-electron chi connectivity index (χ3n) is 3.01. The van der Waals surface area contributed by atoms with Gasteiger partial charge in [0.2, 0.25) is 0 Å². The molecular weight excluding hydrogens is 122 g/mol. The Kier molecular flexibility index (Phi) is 2.04. The second kappa shape index (κ2) is 2.54. The van der Waals surface area contributed by atoms with E-state index >= 15 is 0 Å². The van der Waals surface area contributed by atoms with Crippen molar-refractivity contribution < 1.29 is 0 Å². The van der Waals surface area contributed by atoms with E-state index in [1.54, 1.807) is 0 Å². The molecule has 0 aromatic rings. The molecule has 0 amide bonds. The maximum absolute atomic E-state index is 6.11. The summed E-state index contributed by atoms with van der Waals surface area (Å²) in [4.78, 5) is 0. The fourth-order valence-corrected chi connectivity index (χ4v) is 1.92. The Morgan fingerprint density at radius 2 is 1.90 bits per heavy atom. The summed E-state index contributed by atoms with van der Waals surface area (Å²) in [6, 6.07) is 0. The molecule has 0 saturated heterocycles. The van der Waals surface area contributed by atoms with E-state index in [1.165, 1.54) is 19.3 Å². The number of rotatable bonds is 0. The van der Waals surface area contributed by atoms with Crippen molar-refractivity contribution in [2.45, 2.75) is 45.6 Å². The van der Waals surface area contributed by atoms with Crippen molar-refractivity contribution in [3.05, 3.63) is 0 Å². The molecule has 0 aromatic heterocycles. The third kappa shape index (κ3) is 1.51. The fourth-order valence-electron chi connectivity index (χ4n) is 1.92. The molecule has 1 saturated carbocycles. The Bertz CT molecular complexity index is 118. The average molecular weight is 141 g/mol. The lowest BCUT2D eigenvalue weighted by Crippen LogP contribution is -2.47. The first-order chi connectivity index (χ1) is 4.52. The van der Waals surface area contributed by atoms with Crippen molar-refractivity contribution in [2.75, 3.05) is 0 Å². The van der Waals surface area contributed by atoms with Gasteiger partial charge in [-0.1, -0.05) is 20.3 Å². The number of nitrogens with two attached hydrogens (primary N) is 1. The smallest absolute Gasteiger partial charge is 0.0154 e. The summed E-state index contributed by atoms with van der Waals surface area (Å²) in [6.07, 6.45) is 3.89. The lowest BCUT2D eigenvalue weighted by Gasteiger charge is -2.39. The zero-order valence-corrected chi connectivity index (χ0v) is 7.35. The molecule has 1 heteroatoms. The molecule has 0 bridgehead atoms. The molecule has 2 N–H and O–H groups in total. The van der Waals surface area contributed by atoms with Crippen molar-refractivity contribution >= 4 is 0 Å². The van der Waals surface area contributed by atoms with Crippen LogP contribution in [0.5, 0.6) is 0 Å². The van der Waals surface area contributed by atoms with Crippen LogP contribution in [0, 0.1) is 11.8 Å². The third-order valence-corrected chi connectivity index (χ3v) is 3.01. The normalized spacial score (nSPS) is 49.2. The molecule has 60 valence electrons. The quantitative estimate of drug-likeness (QED) is 0.549. The summed E-state index contributed by atoms with van der Waals surface area (Å²) < 4.78 is 0. The van der Waals surface area contributed by atoms with Gasteiger partial charge in [0.25, 0.3) is 0 Å². The first-order valence-corrected chi connectivity index (χ1v) is 4.31. The van der Waals surface area contributed by atoms with Crippen LogP contribution >= 0.6 is 0 Å². The van der Waals surface area contributed by atoms with E-state index in [-0.39, 0.29) is 5.54 Å². The molecule has 0 radical (unpaired) electrons. The Hall–Kier alpha value is -0.0400. The van der Waals surface area contributed by atoms with Crippen molar-refractivity contribution in [1.29, 1.82) is 0 Å². The number of hydrogen-bond acceptors (Lipinski definition) is 1. The maximum Gasteiger partial charge on any atom is 0.0154 e. The zero-order chi connectivity index (χ0) is 7.78. The van der Waals surface area contributed by atoms with Gasteiger partial charge in [-0.15, -0.1) is 0 Å². The van der Waals surface area contributed by atoms with E-state index in [2.05, 4.69) is 20.8 Å². The Morgan fingerprint density at radius 3 is 2.30 bits per heavy atom. The minimum Gasteiger partial charge on any atom is -0.325 e. The highest BCUT2D eigenvalue weighted by Gasteiger charge is 2.32. The molecule has 3 unspecified atom stereocenters. The predicted octanol–water partition coefficient (Wildman–Crippen LogP) is 2.16. The minimum absolute atomic E-state index is 0.109. The van der Waals surface area contributed by atoms with Crippen LogP contribution in [0.1, 0.15) is 40.0 Å². The van der Waals surface area contributed by atoms with Crippen LogP contribution in [0.4, 0.5) is 0 Å².